The van der Waals surface area contributed by atoms with Crippen LogP contribution in [0.3, 0.4) is 0 Å². The van der Waals surface area contributed by atoms with Crippen molar-refractivity contribution in [1.29, 1.82) is 0 Å². The van der Waals surface area contributed by atoms with Crippen molar-refractivity contribution in [2.75, 3.05) is 12.3 Å². The number of nitrogen functional groups attached to an aromatic ring is 1. The number of aliphatic hydroxyl groups excluding tert-OH is 3. The van der Waals surface area contributed by atoms with Gasteiger partial charge in [-0.15, -0.1) is 0 Å². The molecule has 0 fully saturated rings. The third-order valence-electron chi connectivity index (χ3n) is 1.81. The zero-order valence-corrected chi connectivity index (χ0v) is 7.33. The Hall–Kier alpha value is -1.37. The summed E-state index contributed by atoms with van der Waals surface area (Å²) in [6.45, 7) is -0.577. The molecule has 2 unspecified atom stereocenters. The fraction of sp³-hybridized carbons (Fsp3) is 0.375. The Morgan fingerprint density at radius 1 is 1.43 bits per heavy atom. The fourth-order valence-corrected chi connectivity index (χ4v) is 0.963. The van der Waals surface area contributed by atoms with Gasteiger partial charge in [-0.25, -0.2) is 4.98 Å². The van der Waals surface area contributed by atoms with Gasteiger partial charge in [0.1, 0.15) is 12.2 Å². The summed E-state index contributed by atoms with van der Waals surface area (Å²) in [5.41, 5.74) is 5.44. The highest BCUT2D eigenvalue weighted by molar-refractivity contribution is 5.46. The lowest BCUT2D eigenvalue weighted by Gasteiger charge is -2.15. The molecule has 0 amide bonds. The van der Waals surface area contributed by atoms with Crippen LogP contribution in [0.2, 0.25) is 0 Å². The number of aromatic nitrogens is 1. The van der Waals surface area contributed by atoms with Crippen LogP contribution in [0.4, 0.5) is 5.82 Å². The lowest BCUT2D eigenvalue weighted by molar-refractivity contribution is -0.0154. The van der Waals surface area contributed by atoms with Crippen LogP contribution in [-0.2, 0) is 0 Å². The van der Waals surface area contributed by atoms with Gasteiger partial charge in [0.15, 0.2) is 11.6 Å². The molecule has 14 heavy (non-hydrogen) atoms. The molecule has 0 aliphatic heterocycles. The highest BCUT2D eigenvalue weighted by atomic mass is 16.4. The molecule has 0 aliphatic rings. The first-order valence-corrected chi connectivity index (χ1v) is 3.97. The van der Waals surface area contributed by atoms with Gasteiger partial charge in [0.05, 0.1) is 6.61 Å². The molecule has 0 aliphatic carbocycles. The number of aliphatic hydroxyl groups is 3. The zero-order valence-electron chi connectivity index (χ0n) is 7.33. The Morgan fingerprint density at radius 3 is 2.57 bits per heavy atom. The number of anilines is 1. The van der Waals surface area contributed by atoms with E-state index in [0.29, 0.717) is 0 Å². The lowest BCUT2D eigenvalue weighted by atomic mass is 10.1. The summed E-state index contributed by atoms with van der Waals surface area (Å²) in [6.07, 6.45) is -1.38. The van der Waals surface area contributed by atoms with Crippen molar-refractivity contribution in [3.05, 3.63) is 17.8 Å². The van der Waals surface area contributed by atoms with Crippen molar-refractivity contribution in [2.45, 2.75) is 12.2 Å². The summed E-state index contributed by atoms with van der Waals surface area (Å²) < 4.78 is 0. The van der Waals surface area contributed by atoms with Crippen LogP contribution in [0.25, 0.3) is 0 Å². The van der Waals surface area contributed by atoms with E-state index >= 15 is 0 Å². The predicted octanol–water partition coefficient (Wildman–Crippen LogP) is -1.24. The summed E-state index contributed by atoms with van der Waals surface area (Å²) >= 11 is 0. The molecule has 6 heteroatoms. The number of aromatic hydroxyl groups is 1. The maximum atomic E-state index is 9.40. The summed E-state index contributed by atoms with van der Waals surface area (Å²) in [5.74, 6) is -0.328. The fourth-order valence-electron chi connectivity index (χ4n) is 0.963. The molecule has 0 aromatic carbocycles. The van der Waals surface area contributed by atoms with Crippen LogP contribution in [0.5, 0.6) is 5.75 Å². The van der Waals surface area contributed by atoms with E-state index in [4.69, 9.17) is 21.1 Å². The Kier molecular flexibility index (Phi) is 3.23. The Morgan fingerprint density at radius 2 is 2.07 bits per heavy atom. The monoisotopic (exact) mass is 200 g/mol. The van der Waals surface area contributed by atoms with E-state index in [2.05, 4.69) is 4.98 Å². The van der Waals surface area contributed by atoms with Crippen LogP contribution in [0.15, 0.2) is 12.3 Å². The van der Waals surface area contributed by atoms with Gasteiger partial charge in [-0.1, -0.05) is 0 Å². The van der Waals surface area contributed by atoms with Crippen molar-refractivity contribution in [2.24, 2.45) is 0 Å². The van der Waals surface area contributed by atoms with Gasteiger partial charge in [-0.3, -0.25) is 0 Å². The zero-order chi connectivity index (χ0) is 10.7. The second-order valence-corrected chi connectivity index (χ2v) is 2.87. The third-order valence-corrected chi connectivity index (χ3v) is 1.81. The molecule has 78 valence electrons. The van der Waals surface area contributed by atoms with E-state index in [9.17, 15) is 5.11 Å². The molecule has 0 saturated heterocycles. The van der Waals surface area contributed by atoms with E-state index in [1.54, 1.807) is 0 Å². The Labute approximate surface area is 80.3 Å². The molecule has 6 nitrogen and oxygen atoms in total. The summed E-state index contributed by atoms with van der Waals surface area (Å²) in [5, 5.41) is 36.2. The highest BCUT2D eigenvalue weighted by Crippen LogP contribution is 2.23. The van der Waals surface area contributed by atoms with E-state index in [1.165, 1.54) is 12.3 Å². The van der Waals surface area contributed by atoms with Crippen molar-refractivity contribution in [3.8, 4) is 5.75 Å². The van der Waals surface area contributed by atoms with Gasteiger partial charge >= 0.3 is 0 Å². The quantitative estimate of drug-likeness (QED) is 0.416. The molecule has 0 bridgehead atoms. The van der Waals surface area contributed by atoms with Crippen molar-refractivity contribution in [1.82, 2.24) is 4.98 Å². The van der Waals surface area contributed by atoms with Gasteiger partial charge in [0.25, 0.3) is 0 Å². The molecule has 2 atom stereocenters. The summed E-state index contributed by atoms with van der Waals surface area (Å²) in [6, 6.07) is 1.19. The topological polar surface area (TPSA) is 120 Å². The molecule has 1 rings (SSSR count). The van der Waals surface area contributed by atoms with Crippen LogP contribution < -0.4 is 5.73 Å². The molecular formula is C8H12N2O4. The highest BCUT2D eigenvalue weighted by Gasteiger charge is 2.18. The Bertz CT molecular complexity index is 318. The van der Waals surface area contributed by atoms with Crippen LogP contribution in [0, 0.1) is 0 Å². The number of hydrogen-bond donors (Lipinski definition) is 5. The van der Waals surface area contributed by atoms with Gasteiger partial charge in [-0.2, -0.15) is 0 Å². The normalized spacial score (nSPS) is 15.1. The first kappa shape index (κ1) is 10.7. The molecule has 0 saturated carbocycles. The Balaban J connectivity index is 2.91. The molecule has 1 aromatic heterocycles. The van der Waals surface area contributed by atoms with Crippen molar-refractivity contribution < 1.29 is 20.4 Å². The van der Waals surface area contributed by atoms with Gasteiger partial charge in [0.2, 0.25) is 0 Å². The van der Waals surface area contributed by atoms with Crippen LogP contribution >= 0.6 is 0 Å². The minimum absolute atomic E-state index is 0.0561. The van der Waals surface area contributed by atoms with Crippen molar-refractivity contribution in [3.63, 3.8) is 0 Å². The molecule has 1 aromatic rings. The SMILES string of the molecule is Nc1ncc(C(O)C(O)CO)cc1O. The van der Waals surface area contributed by atoms with E-state index in [0.717, 1.165) is 0 Å². The summed E-state index contributed by atoms with van der Waals surface area (Å²) in [7, 11) is 0. The maximum absolute atomic E-state index is 9.40. The number of pyridine rings is 1. The van der Waals surface area contributed by atoms with E-state index in [-0.39, 0.29) is 17.1 Å². The van der Waals surface area contributed by atoms with Crippen molar-refractivity contribution >= 4 is 5.82 Å². The minimum Gasteiger partial charge on any atom is -0.504 e. The first-order valence-electron chi connectivity index (χ1n) is 3.97. The van der Waals surface area contributed by atoms with Crippen LogP contribution in [0.1, 0.15) is 11.7 Å². The predicted molar refractivity (Wildman–Crippen MR) is 48.4 cm³/mol. The minimum atomic E-state index is -1.31. The second kappa shape index (κ2) is 4.23. The number of rotatable bonds is 3. The summed E-state index contributed by atoms with van der Waals surface area (Å²) in [4.78, 5) is 3.59. The van der Waals surface area contributed by atoms with E-state index < -0.39 is 18.8 Å². The average Bonchev–Trinajstić information content (AvgIpc) is 2.20. The maximum Gasteiger partial charge on any atom is 0.165 e. The van der Waals surface area contributed by atoms with Gasteiger partial charge in [-0.05, 0) is 6.07 Å². The molecule has 0 spiro atoms. The second-order valence-electron chi connectivity index (χ2n) is 2.87. The third kappa shape index (κ3) is 2.11. The first-order chi connectivity index (χ1) is 6.56. The average molecular weight is 200 g/mol. The van der Waals surface area contributed by atoms with Crippen LogP contribution in [-0.4, -0.2) is 38.1 Å². The number of nitrogens with two attached hydrogens (primary N) is 1. The molecular weight excluding hydrogens is 188 g/mol. The lowest BCUT2D eigenvalue weighted by Crippen LogP contribution is -2.22. The van der Waals surface area contributed by atoms with E-state index in [1.807, 2.05) is 0 Å². The molecule has 0 radical (unpaired) electrons. The van der Waals surface area contributed by atoms with Gasteiger partial charge < -0.3 is 26.2 Å². The largest absolute Gasteiger partial charge is 0.504 e. The smallest absolute Gasteiger partial charge is 0.165 e. The number of hydrogen-bond acceptors (Lipinski definition) is 6. The number of nitrogens with zero attached hydrogens (tertiary/aromatic N) is 1. The molecule has 6 N–H and O–H groups in total. The van der Waals surface area contributed by atoms with Gasteiger partial charge in [0, 0.05) is 11.8 Å². The standard InChI is InChI=1S/C8H12N2O4/c9-8-5(12)1-4(2-10-8)7(14)6(13)3-11/h1-2,6-7,11-14H,3H2,(H2,9,10). The molecule has 1 heterocycles.